The van der Waals surface area contributed by atoms with Crippen LogP contribution < -0.4 is 5.32 Å². The summed E-state index contributed by atoms with van der Waals surface area (Å²) in [6, 6.07) is 4.37. The molecule has 0 aromatic heterocycles. The van der Waals surface area contributed by atoms with E-state index in [4.69, 9.17) is 0 Å². The van der Waals surface area contributed by atoms with Gasteiger partial charge in [-0.2, -0.15) is 13.2 Å². The highest BCUT2D eigenvalue weighted by Crippen LogP contribution is 2.29. The first-order valence-electron chi connectivity index (χ1n) is 5.83. The zero-order chi connectivity index (χ0) is 16.0. The minimum Gasteiger partial charge on any atom is -0.381 e. The van der Waals surface area contributed by atoms with E-state index in [-0.39, 0.29) is 17.8 Å². The molecule has 1 aromatic rings. The number of nitrogens with one attached hydrogen (secondary N) is 1. The van der Waals surface area contributed by atoms with Crippen molar-refractivity contribution in [3.05, 3.63) is 76.5 Å². The first-order valence-corrected chi connectivity index (χ1v) is 5.83. The van der Waals surface area contributed by atoms with E-state index in [1.165, 1.54) is 18.2 Å². The van der Waals surface area contributed by atoms with Crippen LogP contribution >= 0.6 is 0 Å². The first-order chi connectivity index (χ1) is 9.79. The number of hydrogen-bond donors (Lipinski definition) is 1. The predicted molar refractivity (Wildman–Crippen MR) is 74.3 cm³/mol. The number of halogens is 3. The molecule has 0 spiro atoms. The van der Waals surface area contributed by atoms with Gasteiger partial charge in [0, 0.05) is 23.9 Å². The SMILES string of the molecule is C=C/C(CNc1ccc(C(F)(F)F)cc1)=C(\C=C)[N+](=O)[O-]. The van der Waals surface area contributed by atoms with Gasteiger partial charge in [-0.15, -0.1) is 0 Å². The van der Waals surface area contributed by atoms with Crippen molar-refractivity contribution in [2.45, 2.75) is 6.18 Å². The molecule has 4 nitrogen and oxygen atoms in total. The topological polar surface area (TPSA) is 55.2 Å². The maximum atomic E-state index is 12.4. The number of allylic oxidation sites excluding steroid dienone is 1. The number of benzene rings is 1. The van der Waals surface area contributed by atoms with Gasteiger partial charge in [-0.3, -0.25) is 10.1 Å². The predicted octanol–water partition coefficient (Wildman–Crippen LogP) is 4.02. The molecule has 1 N–H and O–H groups in total. The Kier molecular flexibility index (Phi) is 5.29. The number of anilines is 1. The van der Waals surface area contributed by atoms with Gasteiger partial charge in [0.2, 0.25) is 0 Å². The Hall–Kier alpha value is -2.57. The third-order valence-corrected chi connectivity index (χ3v) is 2.66. The summed E-state index contributed by atoms with van der Waals surface area (Å²) < 4.78 is 37.2. The Labute approximate surface area is 119 Å². The van der Waals surface area contributed by atoms with E-state index in [2.05, 4.69) is 18.5 Å². The summed E-state index contributed by atoms with van der Waals surface area (Å²) in [6.07, 6.45) is -2.01. The van der Waals surface area contributed by atoms with Crippen molar-refractivity contribution in [2.75, 3.05) is 11.9 Å². The zero-order valence-electron chi connectivity index (χ0n) is 11.0. The number of nitrogens with zero attached hydrogens (tertiary/aromatic N) is 1. The lowest BCUT2D eigenvalue weighted by Crippen LogP contribution is -2.10. The van der Waals surface area contributed by atoms with E-state index in [1.807, 2.05) is 0 Å². The molecule has 7 heteroatoms. The average molecular weight is 298 g/mol. The van der Waals surface area contributed by atoms with Crippen molar-refractivity contribution in [1.82, 2.24) is 0 Å². The number of hydrogen-bond acceptors (Lipinski definition) is 3. The van der Waals surface area contributed by atoms with E-state index in [1.54, 1.807) is 0 Å². The number of nitro groups is 1. The Bertz CT molecular complexity index is 575. The molecule has 0 amide bonds. The van der Waals surface area contributed by atoms with Crippen LogP contribution in [0.1, 0.15) is 5.56 Å². The third kappa shape index (κ3) is 4.48. The van der Waals surface area contributed by atoms with Gasteiger partial charge in [0.1, 0.15) is 0 Å². The molecule has 1 rings (SSSR count). The van der Waals surface area contributed by atoms with Crippen LogP contribution in [0.4, 0.5) is 18.9 Å². The second-order valence-corrected chi connectivity index (χ2v) is 4.00. The van der Waals surface area contributed by atoms with E-state index in [9.17, 15) is 23.3 Å². The summed E-state index contributed by atoms with van der Waals surface area (Å²) in [5, 5.41) is 13.6. The molecule has 0 atom stereocenters. The van der Waals surface area contributed by atoms with E-state index in [0.29, 0.717) is 5.69 Å². The first kappa shape index (κ1) is 16.5. The molecular formula is C14H13F3N2O2. The molecule has 1 aromatic carbocycles. The number of rotatable bonds is 6. The summed E-state index contributed by atoms with van der Waals surface area (Å²) >= 11 is 0. The highest BCUT2D eigenvalue weighted by molar-refractivity contribution is 5.47. The Morgan fingerprint density at radius 2 is 1.81 bits per heavy atom. The summed E-state index contributed by atoms with van der Waals surface area (Å²) in [7, 11) is 0. The minimum atomic E-state index is -4.40. The van der Waals surface area contributed by atoms with Crippen LogP contribution in [-0.4, -0.2) is 11.5 Å². The second-order valence-electron chi connectivity index (χ2n) is 4.00. The molecule has 0 aliphatic carbocycles. The highest BCUT2D eigenvalue weighted by atomic mass is 19.4. The molecule has 0 saturated carbocycles. The second kappa shape index (κ2) is 6.74. The smallest absolute Gasteiger partial charge is 0.381 e. The van der Waals surface area contributed by atoms with Crippen molar-refractivity contribution >= 4 is 5.69 Å². The van der Waals surface area contributed by atoms with Gasteiger partial charge in [-0.25, -0.2) is 0 Å². The molecule has 0 saturated heterocycles. The Morgan fingerprint density at radius 1 is 1.24 bits per heavy atom. The molecule has 0 heterocycles. The van der Waals surface area contributed by atoms with Crippen molar-refractivity contribution in [2.24, 2.45) is 0 Å². The molecular weight excluding hydrogens is 285 g/mol. The van der Waals surface area contributed by atoms with Gasteiger partial charge in [0.25, 0.3) is 5.70 Å². The average Bonchev–Trinajstić information content (AvgIpc) is 2.42. The summed E-state index contributed by atoms with van der Waals surface area (Å²) in [5.74, 6) is 0. The summed E-state index contributed by atoms with van der Waals surface area (Å²) in [4.78, 5) is 10.2. The summed E-state index contributed by atoms with van der Waals surface area (Å²) in [6.45, 7) is 6.87. The van der Waals surface area contributed by atoms with Crippen molar-refractivity contribution < 1.29 is 18.1 Å². The van der Waals surface area contributed by atoms with Crippen LogP contribution in [0.3, 0.4) is 0 Å². The van der Waals surface area contributed by atoms with Gasteiger partial charge < -0.3 is 5.32 Å². The Balaban J connectivity index is 2.85. The molecule has 0 radical (unpaired) electrons. The lowest BCUT2D eigenvalue weighted by molar-refractivity contribution is -0.419. The van der Waals surface area contributed by atoms with Gasteiger partial charge >= 0.3 is 6.18 Å². The largest absolute Gasteiger partial charge is 0.416 e. The minimum absolute atomic E-state index is 0.0528. The number of alkyl halides is 3. The monoisotopic (exact) mass is 298 g/mol. The fraction of sp³-hybridized carbons (Fsp3) is 0.143. The maximum Gasteiger partial charge on any atom is 0.416 e. The van der Waals surface area contributed by atoms with E-state index in [0.717, 1.165) is 18.2 Å². The zero-order valence-corrected chi connectivity index (χ0v) is 11.0. The summed E-state index contributed by atoms with van der Waals surface area (Å²) in [5.41, 5.74) is -0.266. The fourth-order valence-electron chi connectivity index (χ4n) is 1.56. The van der Waals surface area contributed by atoms with Gasteiger partial charge in [-0.1, -0.05) is 19.2 Å². The molecule has 112 valence electrons. The molecule has 0 fully saturated rings. The van der Waals surface area contributed by atoms with Crippen molar-refractivity contribution in [3.63, 3.8) is 0 Å². The quantitative estimate of drug-likeness (QED) is 0.490. The van der Waals surface area contributed by atoms with Crippen LogP contribution in [0.5, 0.6) is 0 Å². The Morgan fingerprint density at radius 3 is 2.19 bits per heavy atom. The van der Waals surface area contributed by atoms with Crippen LogP contribution in [0.15, 0.2) is 60.8 Å². The molecule has 0 unspecified atom stereocenters. The van der Waals surface area contributed by atoms with E-state index < -0.39 is 16.7 Å². The molecule has 0 bridgehead atoms. The molecule has 0 aliphatic rings. The van der Waals surface area contributed by atoms with Gasteiger partial charge in [0.05, 0.1) is 10.5 Å². The normalized spacial score (nSPS) is 12.3. The van der Waals surface area contributed by atoms with Crippen LogP contribution in [-0.2, 0) is 6.18 Å². The molecule has 0 aliphatic heterocycles. The van der Waals surface area contributed by atoms with Crippen LogP contribution in [0, 0.1) is 10.1 Å². The lowest BCUT2D eigenvalue weighted by atomic mass is 10.1. The third-order valence-electron chi connectivity index (χ3n) is 2.66. The van der Waals surface area contributed by atoms with Gasteiger partial charge in [-0.05, 0) is 24.3 Å². The van der Waals surface area contributed by atoms with E-state index >= 15 is 0 Å². The van der Waals surface area contributed by atoms with Crippen LogP contribution in [0.2, 0.25) is 0 Å². The van der Waals surface area contributed by atoms with Crippen molar-refractivity contribution in [1.29, 1.82) is 0 Å². The lowest BCUT2D eigenvalue weighted by Gasteiger charge is -2.10. The fourth-order valence-corrected chi connectivity index (χ4v) is 1.56. The van der Waals surface area contributed by atoms with Gasteiger partial charge in [0.15, 0.2) is 0 Å². The maximum absolute atomic E-state index is 12.4. The standard InChI is InChI=1S/C14H13F3N2O2/c1-3-10(13(4-2)19(20)21)9-18-12-7-5-11(6-8-12)14(15,16)17/h3-8,18H,1-2,9H2/b13-10-. The molecule has 21 heavy (non-hydrogen) atoms. The highest BCUT2D eigenvalue weighted by Gasteiger charge is 2.29. The van der Waals surface area contributed by atoms with Crippen LogP contribution in [0.25, 0.3) is 0 Å². The van der Waals surface area contributed by atoms with Crippen molar-refractivity contribution in [3.8, 4) is 0 Å².